The number of allylic oxidation sites excluding steroid dienone is 1. The highest BCUT2D eigenvalue weighted by Crippen LogP contribution is 2.35. The minimum atomic E-state index is -0.155. The van der Waals surface area contributed by atoms with Crippen LogP contribution in [-0.2, 0) is 6.61 Å². The number of carbonyl (C=O) groups excluding carboxylic acids is 1. The standard InChI is InChI=1S/C22H14Cl2O3/c23-16-7-5-14(6-8-16)11-21-22(25)18-10-9-17(12-20(18)27-21)26-13-15-3-1-2-4-19(15)24/h1-12H,13H2. The van der Waals surface area contributed by atoms with E-state index < -0.39 is 0 Å². The number of halogens is 2. The van der Waals surface area contributed by atoms with Gasteiger partial charge < -0.3 is 9.47 Å². The van der Waals surface area contributed by atoms with Gasteiger partial charge in [-0.1, -0.05) is 53.5 Å². The highest BCUT2D eigenvalue weighted by Gasteiger charge is 2.27. The lowest BCUT2D eigenvalue weighted by Crippen LogP contribution is -1.98. The molecule has 0 bridgehead atoms. The molecule has 0 spiro atoms. The number of hydrogen-bond donors (Lipinski definition) is 0. The molecule has 0 N–H and O–H groups in total. The van der Waals surface area contributed by atoms with E-state index in [1.165, 1.54) is 0 Å². The smallest absolute Gasteiger partial charge is 0.231 e. The van der Waals surface area contributed by atoms with Crippen LogP contribution in [0.15, 0.2) is 72.5 Å². The Hall–Kier alpha value is -2.75. The second-order valence-corrected chi connectivity index (χ2v) is 6.87. The van der Waals surface area contributed by atoms with Crippen LogP contribution < -0.4 is 9.47 Å². The van der Waals surface area contributed by atoms with Gasteiger partial charge in [-0.3, -0.25) is 4.79 Å². The van der Waals surface area contributed by atoms with Gasteiger partial charge in [0.15, 0.2) is 5.76 Å². The predicted molar refractivity (Wildman–Crippen MR) is 107 cm³/mol. The van der Waals surface area contributed by atoms with Crippen molar-refractivity contribution in [3.05, 3.63) is 99.2 Å². The van der Waals surface area contributed by atoms with Gasteiger partial charge in [0.1, 0.15) is 18.1 Å². The minimum Gasteiger partial charge on any atom is -0.489 e. The minimum absolute atomic E-state index is 0.155. The fourth-order valence-corrected chi connectivity index (χ4v) is 3.06. The first-order valence-electron chi connectivity index (χ1n) is 8.30. The number of rotatable bonds is 4. The molecular formula is C22H14Cl2O3. The van der Waals surface area contributed by atoms with Crippen molar-refractivity contribution in [2.24, 2.45) is 0 Å². The summed E-state index contributed by atoms with van der Waals surface area (Å²) in [7, 11) is 0. The molecule has 0 unspecified atom stereocenters. The Morgan fingerprint density at radius 2 is 1.74 bits per heavy atom. The molecule has 0 aromatic heterocycles. The largest absolute Gasteiger partial charge is 0.489 e. The van der Waals surface area contributed by atoms with Crippen molar-refractivity contribution in [2.45, 2.75) is 6.61 Å². The zero-order valence-corrected chi connectivity index (χ0v) is 15.6. The van der Waals surface area contributed by atoms with Gasteiger partial charge >= 0.3 is 0 Å². The maximum Gasteiger partial charge on any atom is 0.231 e. The highest BCUT2D eigenvalue weighted by molar-refractivity contribution is 6.31. The van der Waals surface area contributed by atoms with Crippen LogP contribution in [-0.4, -0.2) is 5.78 Å². The molecule has 0 radical (unpaired) electrons. The van der Waals surface area contributed by atoms with Crippen molar-refractivity contribution < 1.29 is 14.3 Å². The van der Waals surface area contributed by atoms with E-state index in [4.69, 9.17) is 32.7 Å². The van der Waals surface area contributed by atoms with Crippen LogP contribution in [0.25, 0.3) is 6.08 Å². The first-order chi connectivity index (χ1) is 13.1. The molecule has 0 saturated carbocycles. The van der Waals surface area contributed by atoms with Crippen LogP contribution >= 0.6 is 23.2 Å². The SMILES string of the molecule is O=C1C(=Cc2ccc(Cl)cc2)Oc2cc(OCc3ccccc3Cl)ccc21. The van der Waals surface area contributed by atoms with Gasteiger partial charge in [-0.15, -0.1) is 0 Å². The average molecular weight is 397 g/mol. The molecule has 5 heteroatoms. The summed E-state index contributed by atoms with van der Waals surface area (Å²) in [4.78, 5) is 12.5. The Morgan fingerprint density at radius 1 is 0.963 bits per heavy atom. The van der Waals surface area contributed by atoms with Gasteiger partial charge in [0, 0.05) is 21.7 Å². The zero-order valence-electron chi connectivity index (χ0n) is 14.1. The van der Waals surface area contributed by atoms with E-state index in [9.17, 15) is 4.79 Å². The van der Waals surface area contributed by atoms with Crippen LogP contribution in [0.4, 0.5) is 0 Å². The molecule has 3 nitrogen and oxygen atoms in total. The topological polar surface area (TPSA) is 35.5 Å². The molecule has 1 aliphatic rings. The van der Waals surface area contributed by atoms with Crippen molar-refractivity contribution in [2.75, 3.05) is 0 Å². The predicted octanol–water partition coefficient (Wildman–Crippen LogP) is 6.19. The number of carbonyl (C=O) groups is 1. The van der Waals surface area contributed by atoms with Crippen LogP contribution in [0.2, 0.25) is 10.0 Å². The third-order valence-corrected chi connectivity index (χ3v) is 4.78. The Morgan fingerprint density at radius 3 is 2.52 bits per heavy atom. The molecule has 134 valence electrons. The fraction of sp³-hybridized carbons (Fsp3) is 0.0455. The van der Waals surface area contributed by atoms with Crippen molar-refractivity contribution in [1.82, 2.24) is 0 Å². The molecule has 1 heterocycles. The zero-order chi connectivity index (χ0) is 18.8. The summed E-state index contributed by atoms with van der Waals surface area (Å²) in [5.74, 6) is 1.21. The van der Waals surface area contributed by atoms with E-state index in [0.717, 1.165) is 11.1 Å². The normalized spacial score (nSPS) is 14.1. The third-order valence-electron chi connectivity index (χ3n) is 4.16. The van der Waals surface area contributed by atoms with Crippen LogP contribution in [0.3, 0.4) is 0 Å². The van der Waals surface area contributed by atoms with E-state index in [-0.39, 0.29) is 11.5 Å². The lowest BCUT2D eigenvalue weighted by Gasteiger charge is -2.08. The summed E-state index contributed by atoms with van der Waals surface area (Å²) in [5.41, 5.74) is 2.24. The number of Topliss-reactive ketones (excluding diaryl/α,β-unsaturated/α-hetero) is 1. The van der Waals surface area contributed by atoms with E-state index in [1.807, 2.05) is 36.4 Å². The summed E-state index contributed by atoms with van der Waals surface area (Å²) in [6.45, 7) is 0.333. The Bertz CT molecular complexity index is 1040. The summed E-state index contributed by atoms with van der Waals surface area (Å²) in [5, 5.41) is 1.29. The van der Waals surface area contributed by atoms with Crippen molar-refractivity contribution in [3.8, 4) is 11.5 Å². The van der Waals surface area contributed by atoms with Crippen molar-refractivity contribution >= 4 is 35.1 Å². The number of ketones is 1. The van der Waals surface area contributed by atoms with Crippen LogP contribution in [0, 0.1) is 0 Å². The Kier molecular flexibility index (Phi) is 4.88. The van der Waals surface area contributed by atoms with E-state index in [0.29, 0.717) is 33.7 Å². The number of ether oxygens (including phenoxy) is 2. The summed E-state index contributed by atoms with van der Waals surface area (Å²) in [6, 6.07) is 19.9. The number of benzene rings is 3. The lowest BCUT2D eigenvalue weighted by atomic mass is 10.1. The van der Waals surface area contributed by atoms with Crippen molar-refractivity contribution in [3.63, 3.8) is 0 Å². The summed E-state index contributed by atoms with van der Waals surface area (Å²) >= 11 is 12.0. The number of hydrogen-bond acceptors (Lipinski definition) is 3. The first kappa shape index (κ1) is 17.7. The summed E-state index contributed by atoms with van der Waals surface area (Å²) < 4.78 is 11.5. The second-order valence-electron chi connectivity index (χ2n) is 6.03. The third kappa shape index (κ3) is 3.85. The van der Waals surface area contributed by atoms with Crippen LogP contribution in [0.1, 0.15) is 21.5 Å². The molecule has 0 saturated heterocycles. The average Bonchev–Trinajstić information content (AvgIpc) is 2.98. The van der Waals surface area contributed by atoms with E-state index in [1.54, 1.807) is 36.4 Å². The quantitative estimate of drug-likeness (QED) is 0.493. The molecule has 0 amide bonds. The molecule has 1 aliphatic heterocycles. The molecule has 0 fully saturated rings. The molecule has 0 aliphatic carbocycles. The monoisotopic (exact) mass is 396 g/mol. The molecular weight excluding hydrogens is 383 g/mol. The van der Waals surface area contributed by atoms with Gasteiger partial charge in [-0.25, -0.2) is 0 Å². The molecule has 27 heavy (non-hydrogen) atoms. The van der Waals surface area contributed by atoms with E-state index >= 15 is 0 Å². The molecule has 3 aromatic rings. The fourth-order valence-electron chi connectivity index (χ4n) is 2.74. The van der Waals surface area contributed by atoms with Gasteiger partial charge in [0.05, 0.1) is 5.56 Å². The van der Waals surface area contributed by atoms with Gasteiger partial charge in [0.25, 0.3) is 0 Å². The molecule has 4 rings (SSSR count). The Labute approximate surface area is 166 Å². The summed E-state index contributed by atoms with van der Waals surface area (Å²) in [6.07, 6.45) is 1.70. The maximum atomic E-state index is 12.5. The van der Waals surface area contributed by atoms with Gasteiger partial charge in [-0.2, -0.15) is 0 Å². The highest BCUT2D eigenvalue weighted by atomic mass is 35.5. The van der Waals surface area contributed by atoms with Crippen LogP contribution in [0.5, 0.6) is 11.5 Å². The van der Waals surface area contributed by atoms with Crippen molar-refractivity contribution in [1.29, 1.82) is 0 Å². The molecule has 3 aromatic carbocycles. The van der Waals surface area contributed by atoms with Gasteiger partial charge in [0.2, 0.25) is 5.78 Å². The second kappa shape index (κ2) is 7.47. The maximum absolute atomic E-state index is 12.5. The first-order valence-corrected chi connectivity index (χ1v) is 9.06. The Balaban J connectivity index is 1.52. The lowest BCUT2D eigenvalue weighted by molar-refractivity contribution is 0.101. The van der Waals surface area contributed by atoms with Gasteiger partial charge in [-0.05, 0) is 42.0 Å². The van der Waals surface area contributed by atoms with E-state index in [2.05, 4.69) is 0 Å². The number of fused-ring (bicyclic) bond motifs is 1. The molecule has 0 atom stereocenters.